The first-order valence-corrected chi connectivity index (χ1v) is 7.37. The first kappa shape index (κ1) is 14.5. The second-order valence-corrected chi connectivity index (χ2v) is 5.97. The Hall–Kier alpha value is -0.940. The van der Waals surface area contributed by atoms with Crippen LogP contribution in [0, 0.1) is 12.8 Å². The summed E-state index contributed by atoms with van der Waals surface area (Å²) in [7, 11) is 0. The quantitative estimate of drug-likeness (QED) is 0.849. The predicted molar refractivity (Wildman–Crippen MR) is 77.0 cm³/mol. The fourth-order valence-electron chi connectivity index (χ4n) is 2.45. The molecule has 2 unspecified atom stereocenters. The highest BCUT2D eigenvalue weighted by Gasteiger charge is 2.30. The Morgan fingerprint density at radius 2 is 2.26 bits per heavy atom. The van der Waals surface area contributed by atoms with Crippen LogP contribution in [-0.4, -0.2) is 40.1 Å². The van der Waals surface area contributed by atoms with E-state index in [-0.39, 0.29) is 24.5 Å². The smallest absolute Gasteiger partial charge is 0.256 e. The molecule has 1 saturated heterocycles. The minimum atomic E-state index is -0.00924. The Kier molecular flexibility index (Phi) is 4.58. The summed E-state index contributed by atoms with van der Waals surface area (Å²) in [6, 6.07) is 3.86. The fraction of sp³-hybridized carbons (Fsp3) is 0.571. The summed E-state index contributed by atoms with van der Waals surface area (Å²) >= 11 is 3.36. The first-order valence-electron chi connectivity index (χ1n) is 6.58. The Bertz CT molecular complexity index is 479. The molecule has 2 heterocycles. The summed E-state index contributed by atoms with van der Waals surface area (Å²) < 4.78 is 0.593. The van der Waals surface area contributed by atoms with Crippen LogP contribution in [0.15, 0.2) is 16.7 Å². The van der Waals surface area contributed by atoms with Crippen molar-refractivity contribution in [1.82, 2.24) is 9.88 Å². The number of nitrogens with zero attached hydrogens (tertiary/aromatic N) is 2. The Morgan fingerprint density at radius 1 is 1.53 bits per heavy atom. The highest BCUT2D eigenvalue weighted by molar-refractivity contribution is 9.10. The molecule has 5 heteroatoms. The van der Waals surface area contributed by atoms with Crippen molar-refractivity contribution < 1.29 is 9.90 Å². The maximum absolute atomic E-state index is 12.6. The van der Waals surface area contributed by atoms with Gasteiger partial charge in [0.05, 0.1) is 5.56 Å². The lowest BCUT2D eigenvalue weighted by atomic mass is 9.93. The minimum absolute atomic E-state index is 0.00924. The van der Waals surface area contributed by atoms with Crippen LogP contribution in [0.5, 0.6) is 0 Å². The molecule has 1 aliphatic heterocycles. The molecule has 1 N–H and O–H groups in total. The van der Waals surface area contributed by atoms with Gasteiger partial charge in [0, 0.05) is 24.9 Å². The second-order valence-electron chi connectivity index (χ2n) is 5.22. The van der Waals surface area contributed by atoms with Gasteiger partial charge in [0.15, 0.2) is 0 Å². The average Bonchev–Trinajstić information content (AvgIpc) is 2.38. The van der Waals surface area contributed by atoms with Gasteiger partial charge >= 0.3 is 0 Å². The van der Waals surface area contributed by atoms with Gasteiger partial charge in [-0.1, -0.05) is 0 Å². The monoisotopic (exact) mass is 326 g/mol. The molecule has 0 aromatic carbocycles. The molecule has 1 aromatic rings. The van der Waals surface area contributed by atoms with Gasteiger partial charge in [0.25, 0.3) is 5.91 Å². The molecule has 1 aliphatic rings. The Morgan fingerprint density at radius 3 is 2.89 bits per heavy atom. The third kappa shape index (κ3) is 3.15. The highest BCUT2D eigenvalue weighted by Crippen LogP contribution is 2.25. The number of aromatic nitrogens is 1. The number of carbonyl (C=O) groups excluding carboxylic acids is 1. The van der Waals surface area contributed by atoms with E-state index in [1.807, 2.05) is 24.0 Å². The van der Waals surface area contributed by atoms with Crippen LogP contribution in [0.25, 0.3) is 0 Å². The van der Waals surface area contributed by atoms with Gasteiger partial charge in [-0.3, -0.25) is 4.79 Å². The molecule has 19 heavy (non-hydrogen) atoms. The number of hydrogen-bond acceptors (Lipinski definition) is 3. The number of pyridine rings is 1. The van der Waals surface area contributed by atoms with E-state index >= 15 is 0 Å². The van der Waals surface area contributed by atoms with Crippen LogP contribution < -0.4 is 0 Å². The van der Waals surface area contributed by atoms with Crippen molar-refractivity contribution in [3.63, 3.8) is 0 Å². The predicted octanol–water partition coefficient (Wildman–Crippen LogP) is 2.39. The second kappa shape index (κ2) is 6.01. The fourth-order valence-corrected chi connectivity index (χ4v) is 3.03. The number of halogens is 1. The maximum Gasteiger partial charge on any atom is 0.256 e. The molecule has 0 saturated carbocycles. The summed E-state index contributed by atoms with van der Waals surface area (Å²) in [5, 5.41) is 9.28. The van der Waals surface area contributed by atoms with E-state index in [0.29, 0.717) is 16.7 Å². The van der Waals surface area contributed by atoms with Crippen LogP contribution in [0.2, 0.25) is 0 Å². The van der Waals surface area contributed by atoms with Crippen molar-refractivity contribution in [1.29, 1.82) is 0 Å². The summed E-state index contributed by atoms with van der Waals surface area (Å²) in [6.07, 6.45) is 1.92. The van der Waals surface area contributed by atoms with Gasteiger partial charge in [-0.05, 0) is 60.7 Å². The van der Waals surface area contributed by atoms with Crippen molar-refractivity contribution in [2.45, 2.75) is 32.7 Å². The molecule has 0 radical (unpaired) electrons. The number of hydrogen-bond donors (Lipinski definition) is 1. The Balaban J connectivity index is 2.22. The number of aliphatic hydroxyl groups is 1. The van der Waals surface area contributed by atoms with E-state index in [2.05, 4.69) is 27.8 Å². The van der Waals surface area contributed by atoms with Crippen molar-refractivity contribution in [3.8, 4) is 0 Å². The van der Waals surface area contributed by atoms with Crippen molar-refractivity contribution in [3.05, 3.63) is 28.0 Å². The van der Waals surface area contributed by atoms with Crippen LogP contribution in [0.4, 0.5) is 0 Å². The topological polar surface area (TPSA) is 53.4 Å². The number of likely N-dealkylation sites (tertiary alicyclic amines) is 1. The van der Waals surface area contributed by atoms with Crippen molar-refractivity contribution in [2.75, 3.05) is 13.2 Å². The number of rotatable bonds is 2. The molecule has 2 atom stereocenters. The summed E-state index contributed by atoms with van der Waals surface area (Å²) in [6.45, 7) is 4.71. The Labute approximate surface area is 122 Å². The normalized spacial score (nSPS) is 23.5. The van der Waals surface area contributed by atoms with E-state index in [0.717, 1.165) is 18.5 Å². The van der Waals surface area contributed by atoms with E-state index < -0.39 is 0 Å². The van der Waals surface area contributed by atoms with Gasteiger partial charge < -0.3 is 10.0 Å². The number of amides is 1. The molecule has 2 rings (SSSR count). The van der Waals surface area contributed by atoms with Gasteiger partial charge in [-0.25, -0.2) is 4.98 Å². The summed E-state index contributed by atoms with van der Waals surface area (Å²) in [4.78, 5) is 18.7. The zero-order valence-corrected chi connectivity index (χ0v) is 12.9. The van der Waals surface area contributed by atoms with Crippen molar-refractivity contribution in [2.24, 2.45) is 5.92 Å². The summed E-state index contributed by atoms with van der Waals surface area (Å²) in [5.74, 6) is 0.183. The highest BCUT2D eigenvalue weighted by atomic mass is 79.9. The van der Waals surface area contributed by atoms with Crippen LogP contribution in [-0.2, 0) is 0 Å². The van der Waals surface area contributed by atoms with Crippen LogP contribution in [0.1, 0.15) is 35.8 Å². The van der Waals surface area contributed by atoms with E-state index in [1.54, 1.807) is 0 Å². The lowest BCUT2D eigenvalue weighted by Gasteiger charge is -2.37. The SMILES string of the molecule is Cc1ccc(C(=O)N2CC(CO)CCC2C)c(Br)n1. The molecular formula is C14H19BrN2O2. The van der Waals surface area contributed by atoms with E-state index in [9.17, 15) is 9.90 Å². The van der Waals surface area contributed by atoms with Gasteiger partial charge in [0.2, 0.25) is 0 Å². The number of aryl methyl sites for hydroxylation is 1. The summed E-state index contributed by atoms with van der Waals surface area (Å²) in [5.41, 5.74) is 1.47. The van der Waals surface area contributed by atoms with Gasteiger partial charge in [0.1, 0.15) is 4.60 Å². The molecule has 1 fully saturated rings. The van der Waals surface area contributed by atoms with E-state index in [4.69, 9.17) is 0 Å². The largest absolute Gasteiger partial charge is 0.396 e. The molecule has 0 bridgehead atoms. The van der Waals surface area contributed by atoms with Gasteiger partial charge in [-0.15, -0.1) is 0 Å². The lowest BCUT2D eigenvalue weighted by Crippen LogP contribution is -2.46. The molecule has 0 spiro atoms. The molecular weight excluding hydrogens is 308 g/mol. The third-order valence-electron chi connectivity index (χ3n) is 3.72. The number of piperidine rings is 1. The third-order valence-corrected chi connectivity index (χ3v) is 4.32. The van der Waals surface area contributed by atoms with Crippen molar-refractivity contribution >= 4 is 21.8 Å². The van der Waals surface area contributed by atoms with Gasteiger partial charge in [-0.2, -0.15) is 0 Å². The number of carbonyl (C=O) groups is 1. The van der Waals surface area contributed by atoms with Crippen LogP contribution in [0.3, 0.4) is 0 Å². The standard InChI is InChI=1S/C14H19BrN2O2/c1-9-3-6-12(13(15)16-9)14(19)17-7-11(8-18)5-4-10(17)2/h3,6,10-11,18H,4-5,7-8H2,1-2H3. The minimum Gasteiger partial charge on any atom is -0.396 e. The molecule has 4 nitrogen and oxygen atoms in total. The zero-order valence-electron chi connectivity index (χ0n) is 11.3. The molecule has 0 aliphatic carbocycles. The molecule has 104 valence electrons. The maximum atomic E-state index is 12.6. The molecule has 1 aromatic heterocycles. The zero-order chi connectivity index (χ0) is 14.0. The average molecular weight is 327 g/mol. The molecule has 1 amide bonds. The first-order chi connectivity index (χ1) is 9.02. The number of aliphatic hydroxyl groups excluding tert-OH is 1. The van der Waals surface area contributed by atoms with Crippen LogP contribution >= 0.6 is 15.9 Å². The van der Waals surface area contributed by atoms with E-state index in [1.165, 1.54) is 0 Å². The lowest BCUT2D eigenvalue weighted by molar-refractivity contribution is 0.0487.